The average molecular weight is 340 g/mol. The number of hydrogen-bond donors (Lipinski definition) is 3. The molecule has 25 heavy (non-hydrogen) atoms. The van der Waals surface area contributed by atoms with Crippen LogP contribution in [-0.4, -0.2) is 29.5 Å². The summed E-state index contributed by atoms with van der Waals surface area (Å²) in [5.74, 6) is -0.950. The predicted molar refractivity (Wildman–Crippen MR) is 94.3 cm³/mol. The Balaban J connectivity index is 1.81. The lowest BCUT2D eigenvalue weighted by atomic mass is 10.1. The lowest BCUT2D eigenvalue weighted by molar-refractivity contribution is 0.0953. The van der Waals surface area contributed by atoms with Gasteiger partial charge < -0.3 is 15.6 Å². The van der Waals surface area contributed by atoms with Crippen LogP contribution in [0.3, 0.4) is 0 Å². The standard InChI is InChI=1S/C18H17FN4O2/c1-20-15-9-13(19)7-12-8-14(18(25)23-16(12)15)17(24)22-6-4-11-3-2-5-21-10-11/h2-3,5,7-10,20H,4,6H2,1H3,(H,22,24)(H,23,25). The first-order valence-electron chi connectivity index (χ1n) is 7.80. The maximum absolute atomic E-state index is 13.7. The first kappa shape index (κ1) is 16.6. The molecule has 0 aliphatic heterocycles. The number of H-pyrrole nitrogens is 1. The van der Waals surface area contributed by atoms with Gasteiger partial charge in [-0.15, -0.1) is 0 Å². The zero-order valence-electron chi connectivity index (χ0n) is 13.6. The second kappa shape index (κ2) is 7.12. The molecular weight excluding hydrogens is 323 g/mol. The third-order valence-electron chi connectivity index (χ3n) is 3.85. The Kier molecular flexibility index (Phi) is 4.74. The fourth-order valence-corrected chi connectivity index (χ4v) is 2.61. The molecule has 1 amide bonds. The van der Waals surface area contributed by atoms with Crippen molar-refractivity contribution in [1.29, 1.82) is 0 Å². The third-order valence-corrected chi connectivity index (χ3v) is 3.85. The van der Waals surface area contributed by atoms with Gasteiger partial charge >= 0.3 is 0 Å². The lowest BCUT2D eigenvalue weighted by Gasteiger charge is -2.09. The highest BCUT2D eigenvalue weighted by Gasteiger charge is 2.13. The molecule has 0 atom stereocenters. The van der Waals surface area contributed by atoms with E-state index < -0.39 is 17.3 Å². The van der Waals surface area contributed by atoms with Gasteiger partial charge in [-0.1, -0.05) is 6.07 Å². The molecule has 0 saturated carbocycles. The summed E-state index contributed by atoms with van der Waals surface area (Å²) in [4.78, 5) is 31.1. The summed E-state index contributed by atoms with van der Waals surface area (Å²) in [7, 11) is 1.63. The molecule has 3 aromatic rings. The Hall–Kier alpha value is -3.22. The number of nitrogens with one attached hydrogen (secondary N) is 3. The molecule has 128 valence electrons. The van der Waals surface area contributed by atoms with E-state index in [-0.39, 0.29) is 5.56 Å². The number of pyridine rings is 2. The van der Waals surface area contributed by atoms with Gasteiger partial charge in [-0.05, 0) is 36.2 Å². The van der Waals surface area contributed by atoms with Crippen molar-refractivity contribution in [2.45, 2.75) is 6.42 Å². The molecule has 0 bridgehead atoms. The second-order valence-electron chi connectivity index (χ2n) is 5.55. The van der Waals surface area contributed by atoms with Crippen LogP contribution in [-0.2, 0) is 6.42 Å². The minimum atomic E-state index is -0.519. The monoisotopic (exact) mass is 340 g/mol. The van der Waals surface area contributed by atoms with Crippen molar-refractivity contribution in [3.63, 3.8) is 0 Å². The molecule has 0 aliphatic rings. The highest BCUT2D eigenvalue weighted by Crippen LogP contribution is 2.22. The predicted octanol–water partition coefficient (Wildman–Crippen LogP) is 2.08. The molecule has 2 aromatic heterocycles. The van der Waals surface area contributed by atoms with Crippen LogP contribution >= 0.6 is 0 Å². The van der Waals surface area contributed by atoms with Gasteiger partial charge in [0.15, 0.2) is 0 Å². The number of carbonyl (C=O) groups excluding carboxylic acids is 1. The van der Waals surface area contributed by atoms with E-state index in [0.717, 1.165) is 5.56 Å². The molecule has 3 N–H and O–H groups in total. The Labute approximate surface area is 143 Å². The normalized spacial score (nSPS) is 10.6. The van der Waals surface area contributed by atoms with Gasteiger partial charge in [0.2, 0.25) is 0 Å². The van der Waals surface area contributed by atoms with Gasteiger partial charge in [0.05, 0.1) is 11.2 Å². The van der Waals surface area contributed by atoms with Crippen LogP contribution in [0.5, 0.6) is 0 Å². The highest BCUT2D eigenvalue weighted by atomic mass is 19.1. The highest BCUT2D eigenvalue weighted by molar-refractivity contribution is 5.99. The molecule has 0 radical (unpaired) electrons. The Morgan fingerprint density at radius 2 is 2.16 bits per heavy atom. The fraction of sp³-hybridized carbons (Fsp3) is 0.167. The van der Waals surface area contributed by atoms with E-state index in [1.54, 1.807) is 19.4 Å². The van der Waals surface area contributed by atoms with E-state index in [0.29, 0.717) is 29.6 Å². The summed E-state index contributed by atoms with van der Waals surface area (Å²) < 4.78 is 13.7. The molecule has 0 spiro atoms. The maximum Gasteiger partial charge on any atom is 0.261 e. The number of nitrogens with zero attached hydrogens (tertiary/aromatic N) is 1. The number of amides is 1. The van der Waals surface area contributed by atoms with Crippen LogP contribution in [0.1, 0.15) is 15.9 Å². The van der Waals surface area contributed by atoms with E-state index in [1.807, 2.05) is 12.1 Å². The summed E-state index contributed by atoms with van der Waals surface area (Å²) in [5, 5.41) is 5.97. The quantitative estimate of drug-likeness (QED) is 0.664. The van der Waals surface area contributed by atoms with Gasteiger partial charge in [-0.3, -0.25) is 14.6 Å². The Bertz CT molecular complexity index is 970. The van der Waals surface area contributed by atoms with Gasteiger partial charge in [0.1, 0.15) is 11.4 Å². The van der Waals surface area contributed by atoms with Crippen LogP contribution in [0.2, 0.25) is 0 Å². The molecule has 2 heterocycles. The fourth-order valence-electron chi connectivity index (χ4n) is 2.61. The molecule has 0 aliphatic carbocycles. The number of aromatic amines is 1. The zero-order valence-corrected chi connectivity index (χ0v) is 13.6. The number of aromatic nitrogens is 2. The molecule has 3 rings (SSSR count). The van der Waals surface area contributed by atoms with E-state index in [2.05, 4.69) is 20.6 Å². The van der Waals surface area contributed by atoms with Gasteiger partial charge in [0, 0.05) is 31.4 Å². The van der Waals surface area contributed by atoms with Crippen molar-refractivity contribution < 1.29 is 9.18 Å². The Morgan fingerprint density at radius 1 is 1.32 bits per heavy atom. The van der Waals surface area contributed by atoms with Crippen LogP contribution in [0, 0.1) is 5.82 Å². The summed E-state index contributed by atoms with van der Waals surface area (Å²) in [6.45, 7) is 0.368. The van der Waals surface area contributed by atoms with Crippen molar-refractivity contribution in [1.82, 2.24) is 15.3 Å². The first-order valence-corrected chi connectivity index (χ1v) is 7.80. The SMILES string of the molecule is CNc1cc(F)cc2cc(C(=O)NCCc3cccnc3)c(=O)[nH]c12. The topological polar surface area (TPSA) is 86.9 Å². The number of rotatable bonds is 5. The van der Waals surface area contributed by atoms with Gasteiger partial charge in [0.25, 0.3) is 11.5 Å². The van der Waals surface area contributed by atoms with Gasteiger partial charge in [-0.2, -0.15) is 0 Å². The number of fused-ring (bicyclic) bond motifs is 1. The van der Waals surface area contributed by atoms with E-state index >= 15 is 0 Å². The van der Waals surface area contributed by atoms with Crippen molar-refractivity contribution in [3.8, 4) is 0 Å². The summed E-state index contributed by atoms with van der Waals surface area (Å²) in [6.07, 6.45) is 4.00. The van der Waals surface area contributed by atoms with E-state index in [9.17, 15) is 14.0 Å². The minimum Gasteiger partial charge on any atom is -0.386 e. The van der Waals surface area contributed by atoms with Crippen molar-refractivity contribution in [2.24, 2.45) is 0 Å². The summed E-state index contributed by atoms with van der Waals surface area (Å²) in [6, 6.07) is 7.69. The van der Waals surface area contributed by atoms with Crippen LogP contribution in [0.25, 0.3) is 10.9 Å². The van der Waals surface area contributed by atoms with Crippen molar-refractivity contribution >= 4 is 22.5 Å². The van der Waals surface area contributed by atoms with E-state index in [1.165, 1.54) is 18.2 Å². The van der Waals surface area contributed by atoms with Crippen LogP contribution < -0.4 is 16.2 Å². The molecule has 0 fully saturated rings. The molecule has 1 aromatic carbocycles. The summed E-state index contributed by atoms with van der Waals surface area (Å²) in [5.41, 5.74) is 1.33. The number of benzene rings is 1. The smallest absolute Gasteiger partial charge is 0.261 e. The van der Waals surface area contributed by atoms with Gasteiger partial charge in [-0.25, -0.2) is 4.39 Å². The molecule has 0 saturated heterocycles. The molecule has 7 heteroatoms. The van der Waals surface area contributed by atoms with Crippen LogP contribution in [0.15, 0.2) is 47.5 Å². The lowest BCUT2D eigenvalue weighted by Crippen LogP contribution is -2.31. The number of halogens is 1. The molecular formula is C18H17FN4O2. The summed E-state index contributed by atoms with van der Waals surface area (Å²) >= 11 is 0. The number of hydrogen-bond acceptors (Lipinski definition) is 4. The first-order chi connectivity index (χ1) is 12.1. The van der Waals surface area contributed by atoms with Crippen molar-refractivity contribution in [3.05, 3.63) is 70.0 Å². The second-order valence-corrected chi connectivity index (χ2v) is 5.55. The zero-order chi connectivity index (χ0) is 17.8. The Morgan fingerprint density at radius 3 is 2.88 bits per heavy atom. The van der Waals surface area contributed by atoms with Crippen molar-refractivity contribution in [2.75, 3.05) is 18.9 Å². The third kappa shape index (κ3) is 3.65. The minimum absolute atomic E-state index is 0.0497. The largest absolute Gasteiger partial charge is 0.386 e. The number of anilines is 1. The molecule has 0 unspecified atom stereocenters. The van der Waals surface area contributed by atoms with Crippen LogP contribution in [0.4, 0.5) is 10.1 Å². The number of carbonyl (C=O) groups is 1. The average Bonchev–Trinajstić information content (AvgIpc) is 2.61. The van der Waals surface area contributed by atoms with E-state index in [4.69, 9.17) is 0 Å². The molecule has 6 nitrogen and oxygen atoms in total. The maximum atomic E-state index is 13.7.